The summed E-state index contributed by atoms with van der Waals surface area (Å²) in [6.45, 7) is 0.415. The van der Waals surface area contributed by atoms with Crippen molar-refractivity contribution in [3.8, 4) is 5.75 Å². The quantitative estimate of drug-likeness (QED) is 0.305. The van der Waals surface area contributed by atoms with Gasteiger partial charge in [-0.25, -0.2) is 4.79 Å². The molecular formula is C13H17N3O3. The van der Waals surface area contributed by atoms with E-state index in [1.807, 2.05) is 24.3 Å². The number of ether oxygens (including phenoxy) is 2. The van der Waals surface area contributed by atoms with Gasteiger partial charge in [-0.3, -0.25) is 5.41 Å². The van der Waals surface area contributed by atoms with Gasteiger partial charge in [0.1, 0.15) is 17.3 Å². The molecule has 0 bridgehead atoms. The van der Waals surface area contributed by atoms with E-state index in [1.54, 1.807) is 7.11 Å². The molecule has 0 heterocycles. The molecule has 0 aromatic heterocycles. The van der Waals surface area contributed by atoms with E-state index in [-0.39, 0.29) is 11.5 Å². The Morgan fingerprint density at radius 3 is 2.47 bits per heavy atom. The number of nitrogens with one attached hydrogen (secondary N) is 2. The largest absolute Gasteiger partial charge is 0.497 e. The van der Waals surface area contributed by atoms with Gasteiger partial charge in [0.25, 0.3) is 0 Å². The molecular weight excluding hydrogens is 246 g/mol. The number of hydrogen-bond donors (Lipinski definition) is 3. The van der Waals surface area contributed by atoms with Crippen molar-refractivity contribution in [1.82, 2.24) is 5.32 Å². The smallest absolute Gasteiger partial charge is 0.354 e. The lowest BCUT2D eigenvalue weighted by Gasteiger charge is -2.09. The van der Waals surface area contributed by atoms with Crippen molar-refractivity contribution in [3.05, 3.63) is 41.6 Å². The summed E-state index contributed by atoms with van der Waals surface area (Å²) in [4.78, 5) is 11.4. The molecule has 0 spiro atoms. The zero-order valence-corrected chi connectivity index (χ0v) is 10.9. The maximum atomic E-state index is 11.4. The van der Waals surface area contributed by atoms with Gasteiger partial charge in [-0.1, -0.05) is 12.1 Å². The third-order valence-corrected chi connectivity index (χ3v) is 2.35. The van der Waals surface area contributed by atoms with Gasteiger partial charge in [-0.05, 0) is 17.7 Å². The van der Waals surface area contributed by atoms with Gasteiger partial charge >= 0.3 is 5.97 Å². The zero-order chi connectivity index (χ0) is 14.3. The van der Waals surface area contributed by atoms with Crippen molar-refractivity contribution in [1.29, 1.82) is 5.41 Å². The van der Waals surface area contributed by atoms with E-state index in [4.69, 9.17) is 15.9 Å². The summed E-state index contributed by atoms with van der Waals surface area (Å²) >= 11 is 0. The molecule has 19 heavy (non-hydrogen) atoms. The summed E-state index contributed by atoms with van der Waals surface area (Å²) < 4.78 is 9.65. The Hall–Kier alpha value is -2.50. The molecule has 0 unspecified atom stereocenters. The number of methoxy groups -OCH3 is 2. The Kier molecular flexibility index (Phi) is 5.40. The minimum absolute atomic E-state index is 0.144. The van der Waals surface area contributed by atoms with Crippen LogP contribution in [-0.2, 0) is 16.1 Å². The van der Waals surface area contributed by atoms with E-state index in [9.17, 15) is 4.79 Å². The van der Waals surface area contributed by atoms with Gasteiger partial charge in [0.15, 0.2) is 0 Å². The minimum atomic E-state index is -0.566. The summed E-state index contributed by atoms with van der Waals surface area (Å²) in [6, 6.07) is 7.38. The van der Waals surface area contributed by atoms with Crippen molar-refractivity contribution in [2.45, 2.75) is 6.54 Å². The Morgan fingerprint density at radius 1 is 1.37 bits per heavy atom. The van der Waals surface area contributed by atoms with Crippen LogP contribution in [0, 0.1) is 5.41 Å². The first-order chi connectivity index (χ1) is 9.06. The molecule has 0 saturated carbocycles. The van der Waals surface area contributed by atoms with Crippen LogP contribution in [-0.4, -0.2) is 26.0 Å². The van der Waals surface area contributed by atoms with Crippen LogP contribution in [0.1, 0.15) is 5.56 Å². The summed E-state index contributed by atoms with van der Waals surface area (Å²) in [6.07, 6.45) is 1.22. The van der Waals surface area contributed by atoms with Crippen LogP contribution < -0.4 is 15.8 Å². The van der Waals surface area contributed by atoms with E-state index >= 15 is 0 Å². The van der Waals surface area contributed by atoms with Crippen molar-refractivity contribution in [2.24, 2.45) is 5.73 Å². The SMILES string of the molecule is COC(=O)C(=CC(=N)N)NCc1ccc(OC)cc1. The summed E-state index contributed by atoms with van der Waals surface area (Å²) in [7, 11) is 2.86. The van der Waals surface area contributed by atoms with Crippen LogP contribution in [0.25, 0.3) is 0 Å². The zero-order valence-electron chi connectivity index (χ0n) is 10.9. The maximum Gasteiger partial charge on any atom is 0.354 e. The maximum absolute atomic E-state index is 11.4. The van der Waals surface area contributed by atoms with E-state index in [0.29, 0.717) is 6.54 Å². The third-order valence-electron chi connectivity index (χ3n) is 2.35. The molecule has 0 aliphatic heterocycles. The predicted molar refractivity (Wildman–Crippen MR) is 71.8 cm³/mol. The Labute approximate surface area is 111 Å². The summed E-state index contributed by atoms with van der Waals surface area (Å²) in [5.41, 5.74) is 6.34. The average Bonchev–Trinajstić information content (AvgIpc) is 2.42. The molecule has 0 amide bonds. The number of carbonyl (C=O) groups is 1. The van der Waals surface area contributed by atoms with Gasteiger partial charge in [-0.2, -0.15) is 0 Å². The second-order valence-electron chi connectivity index (χ2n) is 3.71. The number of benzene rings is 1. The molecule has 1 rings (SSSR count). The first-order valence-corrected chi connectivity index (χ1v) is 5.57. The second-order valence-corrected chi connectivity index (χ2v) is 3.71. The molecule has 0 radical (unpaired) electrons. The fourth-order valence-electron chi connectivity index (χ4n) is 1.39. The highest BCUT2D eigenvalue weighted by molar-refractivity contribution is 5.98. The molecule has 0 saturated heterocycles. The first kappa shape index (κ1) is 14.6. The van der Waals surface area contributed by atoms with Gasteiger partial charge in [0, 0.05) is 12.6 Å². The fourth-order valence-corrected chi connectivity index (χ4v) is 1.39. The number of hydrogen-bond acceptors (Lipinski definition) is 5. The van der Waals surface area contributed by atoms with Crippen LogP contribution in [0.15, 0.2) is 36.0 Å². The normalized spacial score (nSPS) is 10.7. The van der Waals surface area contributed by atoms with Crippen molar-refractivity contribution >= 4 is 11.8 Å². The van der Waals surface area contributed by atoms with E-state index in [1.165, 1.54) is 13.2 Å². The Bertz CT molecular complexity index is 480. The monoisotopic (exact) mass is 263 g/mol. The minimum Gasteiger partial charge on any atom is -0.497 e. The molecule has 0 aliphatic carbocycles. The topological polar surface area (TPSA) is 97.4 Å². The molecule has 1 aromatic carbocycles. The van der Waals surface area contributed by atoms with Crippen LogP contribution >= 0.6 is 0 Å². The number of nitrogens with two attached hydrogens (primary N) is 1. The lowest BCUT2D eigenvalue weighted by molar-refractivity contribution is -0.136. The van der Waals surface area contributed by atoms with Gasteiger partial charge < -0.3 is 20.5 Å². The summed E-state index contributed by atoms with van der Waals surface area (Å²) in [5.74, 6) is -0.0254. The molecule has 0 atom stereocenters. The highest BCUT2D eigenvalue weighted by atomic mass is 16.5. The van der Waals surface area contributed by atoms with Crippen molar-refractivity contribution < 1.29 is 14.3 Å². The van der Waals surface area contributed by atoms with E-state index in [2.05, 4.69) is 10.1 Å². The van der Waals surface area contributed by atoms with Crippen LogP contribution in [0.4, 0.5) is 0 Å². The first-order valence-electron chi connectivity index (χ1n) is 5.57. The standard InChI is InChI=1S/C13H17N3O3/c1-18-10-5-3-9(4-6-10)8-16-11(7-12(14)15)13(17)19-2/h3-7,16H,8H2,1-2H3,(H3,14,15). The van der Waals surface area contributed by atoms with Crippen molar-refractivity contribution in [2.75, 3.05) is 14.2 Å². The lowest BCUT2D eigenvalue weighted by atomic mass is 10.2. The molecule has 6 nitrogen and oxygen atoms in total. The third kappa shape index (κ3) is 4.71. The highest BCUT2D eigenvalue weighted by Gasteiger charge is 2.09. The molecule has 6 heteroatoms. The lowest BCUT2D eigenvalue weighted by Crippen LogP contribution is -2.23. The van der Waals surface area contributed by atoms with Gasteiger partial charge in [0.05, 0.1) is 14.2 Å². The molecule has 1 aromatic rings. The number of esters is 1. The Morgan fingerprint density at radius 2 is 2.00 bits per heavy atom. The molecule has 102 valence electrons. The van der Waals surface area contributed by atoms with E-state index in [0.717, 1.165) is 11.3 Å². The predicted octanol–water partition coefficient (Wildman–Crippen LogP) is 0.778. The van der Waals surface area contributed by atoms with Gasteiger partial charge in [0.2, 0.25) is 0 Å². The number of rotatable bonds is 6. The summed E-state index contributed by atoms with van der Waals surface area (Å²) in [5, 5.41) is 10.0. The molecule has 0 fully saturated rings. The Balaban J connectivity index is 2.70. The second kappa shape index (κ2) is 7.05. The van der Waals surface area contributed by atoms with Crippen LogP contribution in [0.5, 0.6) is 5.75 Å². The average molecular weight is 263 g/mol. The molecule has 0 aliphatic rings. The van der Waals surface area contributed by atoms with E-state index < -0.39 is 5.97 Å². The molecule has 4 N–H and O–H groups in total. The highest BCUT2D eigenvalue weighted by Crippen LogP contribution is 2.11. The van der Waals surface area contributed by atoms with Gasteiger partial charge in [-0.15, -0.1) is 0 Å². The van der Waals surface area contributed by atoms with Crippen molar-refractivity contribution in [3.63, 3.8) is 0 Å². The van der Waals surface area contributed by atoms with Crippen LogP contribution in [0.2, 0.25) is 0 Å². The fraction of sp³-hybridized carbons (Fsp3) is 0.231. The van der Waals surface area contributed by atoms with Crippen LogP contribution in [0.3, 0.4) is 0 Å². The number of carbonyl (C=O) groups excluding carboxylic acids is 1. The number of amidine groups is 1.